The highest BCUT2D eigenvalue weighted by molar-refractivity contribution is 7.86. The van der Waals surface area contributed by atoms with Crippen LogP contribution in [0.3, 0.4) is 0 Å². The molecule has 0 bridgehead atoms. The first kappa shape index (κ1) is 23.4. The molecule has 3 rings (SSSR count). The summed E-state index contributed by atoms with van der Waals surface area (Å²) in [7, 11) is -3.73. The molecule has 2 aliphatic carbocycles. The molecule has 0 heterocycles. The van der Waals surface area contributed by atoms with Crippen LogP contribution in [0, 0.1) is 24.7 Å². The first-order valence-electron chi connectivity index (χ1n) is 10.9. The smallest absolute Gasteiger partial charge is 0.297 e. The van der Waals surface area contributed by atoms with Gasteiger partial charge in [-0.3, -0.25) is 4.18 Å². The summed E-state index contributed by atoms with van der Waals surface area (Å²) < 4.78 is 45.7. The summed E-state index contributed by atoms with van der Waals surface area (Å²) in [4.78, 5) is 0.157. The fourth-order valence-corrected chi connectivity index (χ4v) is 4.97. The zero-order valence-electron chi connectivity index (χ0n) is 17.8. The van der Waals surface area contributed by atoms with Crippen molar-refractivity contribution in [1.82, 2.24) is 0 Å². The highest BCUT2D eigenvalue weighted by Crippen LogP contribution is 2.52. The molecule has 1 fully saturated rings. The Hall–Kier alpha value is -1.25. The van der Waals surface area contributed by atoms with Crippen molar-refractivity contribution in [2.24, 2.45) is 17.8 Å². The maximum atomic E-state index is 12.0. The van der Waals surface area contributed by atoms with E-state index < -0.39 is 10.1 Å². The minimum Gasteiger partial charge on any atom is -0.379 e. The Morgan fingerprint density at radius 2 is 1.33 bits per heavy atom. The number of ether oxygens (including phenoxy) is 3. The molecule has 1 saturated carbocycles. The summed E-state index contributed by atoms with van der Waals surface area (Å²) in [6.07, 6.45) is 9.67. The third-order valence-corrected chi connectivity index (χ3v) is 7.17. The second-order valence-electron chi connectivity index (χ2n) is 8.01. The Kier molecular flexibility index (Phi) is 9.33. The summed E-state index contributed by atoms with van der Waals surface area (Å²) in [5, 5.41) is 0. The molecule has 1 aromatic rings. The van der Waals surface area contributed by atoms with Gasteiger partial charge in [-0.1, -0.05) is 29.8 Å². The van der Waals surface area contributed by atoms with E-state index in [1.807, 2.05) is 6.92 Å². The lowest BCUT2D eigenvalue weighted by Crippen LogP contribution is -2.14. The molecule has 0 radical (unpaired) electrons. The molecule has 30 heavy (non-hydrogen) atoms. The maximum absolute atomic E-state index is 12.0. The predicted octanol–water partition coefficient (Wildman–Crippen LogP) is 3.74. The van der Waals surface area contributed by atoms with Crippen LogP contribution < -0.4 is 0 Å². The molecular weight excluding hydrogens is 404 g/mol. The van der Waals surface area contributed by atoms with E-state index in [2.05, 4.69) is 12.2 Å². The average Bonchev–Trinajstić information content (AvgIpc) is 3.35. The van der Waals surface area contributed by atoms with E-state index in [4.69, 9.17) is 18.4 Å². The fraction of sp³-hybridized carbons (Fsp3) is 0.652. The lowest BCUT2D eigenvalue weighted by molar-refractivity contribution is 0.00690. The first-order chi connectivity index (χ1) is 14.6. The van der Waals surface area contributed by atoms with Gasteiger partial charge < -0.3 is 14.2 Å². The van der Waals surface area contributed by atoms with Crippen molar-refractivity contribution >= 4 is 10.1 Å². The van der Waals surface area contributed by atoms with Crippen LogP contribution in [-0.4, -0.2) is 54.7 Å². The lowest BCUT2D eigenvalue weighted by Gasteiger charge is -2.08. The SMILES string of the molecule is Cc1ccc(S(=O)(=O)OCCOCCOCCOC[C@@H]2[C@@H]3CC/C=C/CC[C@@H]32)cc1. The zero-order chi connectivity index (χ0) is 21.2. The van der Waals surface area contributed by atoms with Crippen molar-refractivity contribution in [2.45, 2.75) is 37.5 Å². The Morgan fingerprint density at radius 1 is 0.800 bits per heavy atom. The summed E-state index contributed by atoms with van der Waals surface area (Å²) in [6.45, 7) is 4.93. The molecule has 0 unspecified atom stereocenters. The van der Waals surface area contributed by atoms with E-state index in [1.54, 1.807) is 24.3 Å². The maximum Gasteiger partial charge on any atom is 0.297 e. The number of benzene rings is 1. The number of allylic oxidation sites excluding steroid dienone is 2. The van der Waals surface area contributed by atoms with Gasteiger partial charge >= 0.3 is 0 Å². The van der Waals surface area contributed by atoms with E-state index in [0.717, 1.165) is 29.9 Å². The Labute approximate surface area is 180 Å². The number of fused-ring (bicyclic) bond motifs is 1. The van der Waals surface area contributed by atoms with Gasteiger partial charge in [-0.25, -0.2) is 0 Å². The monoisotopic (exact) mass is 438 g/mol. The van der Waals surface area contributed by atoms with Gasteiger partial charge in [0.15, 0.2) is 0 Å². The van der Waals surface area contributed by atoms with Crippen LogP contribution in [0.4, 0.5) is 0 Å². The standard InChI is InChI=1S/C23H34O6S/c1-19-8-10-20(11-9-19)30(24,25)29-17-16-27-13-12-26-14-15-28-18-23-21-6-4-2-3-5-7-22(21)23/h2-3,8-11,21-23H,4-7,12-18H2,1H3/b3-2+/t21-,22+,23-. The average molecular weight is 439 g/mol. The highest BCUT2D eigenvalue weighted by Gasteiger charge is 2.48. The third-order valence-electron chi connectivity index (χ3n) is 5.84. The molecule has 1 aromatic carbocycles. The number of hydrogen-bond acceptors (Lipinski definition) is 6. The molecule has 0 aromatic heterocycles. The van der Waals surface area contributed by atoms with Gasteiger partial charge in [0.05, 0.1) is 51.1 Å². The molecule has 168 valence electrons. The van der Waals surface area contributed by atoms with Crippen molar-refractivity contribution in [2.75, 3.05) is 46.2 Å². The van der Waals surface area contributed by atoms with Gasteiger partial charge in [0.2, 0.25) is 0 Å². The summed E-state index contributed by atoms with van der Waals surface area (Å²) in [6, 6.07) is 6.56. The van der Waals surface area contributed by atoms with Gasteiger partial charge in [-0.2, -0.15) is 8.42 Å². The van der Waals surface area contributed by atoms with E-state index in [1.165, 1.54) is 25.7 Å². The Balaban J connectivity index is 1.14. The Bertz CT molecular complexity index is 742. The van der Waals surface area contributed by atoms with Crippen molar-refractivity contribution < 1.29 is 26.8 Å². The van der Waals surface area contributed by atoms with Crippen LogP contribution in [0.2, 0.25) is 0 Å². The number of hydrogen-bond donors (Lipinski definition) is 0. The van der Waals surface area contributed by atoms with E-state index in [0.29, 0.717) is 26.4 Å². The molecule has 2 aliphatic rings. The van der Waals surface area contributed by atoms with Crippen LogP contribution in [0.1, 0.15) is 31.2 Å². The first-order valence-corrected chi connectivity index (χ1v) is 12.3. The van der Waals surface area contributed by atoms with Gasteiger partial charge in [0.1, 0.15) is 0 Å². The summed E-state index contributed by atoms with van der Waals surface area (Å²) >= 11 is 0. The molecule has 0 aliphatic heterocycles. The van der Waals surface area contributed by atoms with Gasteiger partial charge in [0.25, 0.3) is 10.1 Å². The normalized spacial score (nSPS) is 24.6. The zero-order valence-corrected chi connectivity index (χ0v) is 18.6. The molecule has 0 saturated heterocycles. The van der Waals surface area contributed by atoms with Crippen LogP contribution in [0.15, 0.2) is 41.3 Å². The molecule has 0 spiro atoms. The molecular formula is C23H34O6S. The van der Waals surface area contributed by atoms with E-state index in [-0.39, 0.29) is 18.1 Å². The predicted molar refractivity (Wildman–Crippen MR) is 115 cm³/mol. The molecule has 0 N–H and O–H groups in total. The largest absolute Gasteiger partial charge is 0.379 e. The van der Waals surface area contributed by atoms with Crippen LogP contribution in [-0.2, 0) is 28.5 Å². The molecule has 6 nitrogen and oxygen atoms in total. The van der Waals surface area contributed by atoms with E-state index >= 15 is 0 Å². The fourth-order valence-electron chi connectivity index (χ4n) is 4.08. The summed E-state index contributed by atoms with van der Waals surface area (Å²) in [5.74, 6) is 2.46. The number of rotatable bonds is 13. The second kappa shape index (κ2) is 12.0. The highest BCUT2D eigenvalue weighted by atomic mass is 32.2. The van der Waals surface area contributed by atoms with Crippen molar-refractivity contribution in [3.8, 4) is 0 Å². The minimum absolute atomic E-state index is 0.0153. The van der Waals surface area contributed by atoms with Crippen molar-refractivity contribution in [3.05, 3.63) is 42.0 Å². The van der Waals surface area contributed by atoms with Gasteiger partial charge in [-0.05, 0) is 62.5 Å². The number of aryl methyl sites for hydroxylation is 1. The quantitative estimate of drug-likeness (QED) is 0.265. The van der Waals surface area contributed by atoms with Gasteiger partial charge in [-0.15, -0.1) is 0 Å². The third kappa shape index (κ3) is 7.46. The summed E-state index contributed by atoms with van der Waals surface area (Å²) in [5.41, 5.74) is 0.997. The Morgan fingerprint density at radius 3 is 1.93 bits per heavy atom. The van der Waals surface area contributed by atoms with E-state index in [9.17, 15) is 8.42 Å². The van der Waals surface area contributed by atoms with Gasteiger partial charge in [0, 0.05) is 0 Å². The van der Waals surface area contributed by atoms with Crippen LogP contribution >= 0.6 is 0 Å². The lowest BCUT2D eigenvalue weighted by atomic mass is 10.1. The second-order valence-corrected chi connectivity index (χ2v) is 9.62. The van der Waals surface area contributed by atoms with Crippen molar-refractivity contribution in [1.29, 1.82) is 0 Å². The van der Waals surface area contributed by atoms with Crippen LogP contribution in [0.25, 0.3) is 0 Å². The molecule has 0 amide bonds. The minimum atomic E-state index is -3.73. The van der Waals surface area contributed by atoms with Crippen LogP contribution in [0.5, 0.6) is 0 Å². The molecule has 7 heteroatoms. The topological polar surface area (TPSA) is 71.1 Å². The molecule has 3 atom stereocenters. The van der Waals surface area contributed by atoms with Crippen molar-refractivity contribution in [3.63, 3.8) is 0 Å².